The first-order valence-electron chi connectivity index (χ1n) is 10.4. The third-order valence-corrected chi connectivity index (χ3v) is 5.81. The number of anilines is 1. The summed E-state index contributed by atoms with van der Waals surface area (Å²) in [5.74, 6) is 0.694. The summed E-state index contributed by atoms with van der Waals surface area (Å²) in [4.78, 5) is 25.0. The summed E-state index contributed by atoms with van der Waals surface area (Å²) in [6, 6.07) is 13.5. The minimum Gasteiger partial charge on any atom is -0.497 e. The maximum atomic E-state index is 12.6. The Morgan fingerprint density at radius 2 is 1.94 bits per heavy atom. The van der Waals surface area contributed by atoms with Crippen molar-refractivity contribution < 1.29 is 19.4 Å². The van der Waals surface area contributed by atoms with Crippen LogP contribution in [0.1, 0.15) is 34.7 Å². The molecule has 0 saturated carbocycles. The van der Waals surface area contributed by atoms with Crippen LogP contribution in [0.2, 0.25) is 0 Å². The van der Waals surface area contributed by atoms with Crippen molar-refractivity contribution in [2.75, 3.05) is 24.8 Å². The molecule has 1 atom stereocenters. The molecule has 1 aromatic heterocycles. The van der Waals surface area contributed by atoms with Crippen molar-refractivity contribution in [1.82, 2.24) is 20.1 Å². The van der Waals surface area contributed by atoms with E-state index in [4.69, 9.17) is 4.74 Å². The van der Waals surface area contributed by atoms with E-state index in [1.807, 2.05) is 38.1 Å². The van der Waals surface area contributed by atoms with E-state index >= 15 is 0 Å². The van der Waals surface area contributed by atoms with E-state index in [9.17, 15) is 14.7 Å². The summed E-state index contributed by atoms with van der Waals surface area (Å²) in [5.41, 5.74) is 2.22. The van der Waals surface area contributed by atoms with Crippen LogP contribution in [-0.2, 0) is 11.3 Å². The highest BCUT2D eigenvalue weighted by molar-refractivity contribution is 7.99. The van der Waals surface area contributed by atoms with Crippen LogP contribution in [0.5, 0.6) is 5.75 Å². The van der Waals surface area contributed by atoms with Crippen LogP contribution in [0, 0.1) is 6.92 Å². The van der Waals surface area contributed by atoms with E-state index in [1.54, 1.807) is 35.9 Å². The molecule has 1 heterocycles. The number of hydrogen-bond acceptors (Lipinski definition) is 7. The molecule has 9 nitrogen and oxygen atoms in total. The smallest absolute Gasteiger partial charge is 0.251 e. The van der Waals surface area contributed by atoms with Gasteiger partial charge in [-0.1, -0.05) is 23.9 Å². The lowest BCUT2D eigenvalue weighted by Gasteiger charge is -2.17. The Bertz CT molecular complexity index is 1100. The van der Waals surface area contributed by atoms with Gasteiger partial charge in [0.1, 0.15) is 11.8 Å². The zero-order chi connectivity index (χ0) is 23.8. The van der Waals surface area contributed by atoms with Crippen LogP contribution < -0.4 is 15.4 Å². The second kappa shape index (κ2) is 11.5. The first kappa shape index (κ1) is 24.3. The highest BCUT2D eigenvalue weighted by atomic mass is 32.2. The Hall–Kier alpha value is -3.37. The summed E-state index contributed by atoms with van der Waals surface area (Å²) in [6.45, 7) is 4.03. The van der Waals surface area contributed by atoms with Crippen LogP contribution >= 0.6 is 11.8 Å². The SMILES string of the molecule is CCn1c(SCC(=O)Nc2cccc(C)c2)nnc1[C@H](CO)NC(=O)c1ccc(OC)cc1. The van der Waals surface area contributed by atoms with E-state index < -0.39 is 6.04 Å². The van der Waals surface area contributed by atoms with E-state index in [-0.39, 0.29) is 24.2 Å². The van der Waals surface area contributed by atoms with Crippen molar-refractivity contribution in [3.05, 3.63) is 65.5 Å². The number of nitrogens with one attached hydrogen (secondary N) is 2. The number of aliphatic hydroxyl groups excluding tert-OH is 1. The molecule has 0 unspecified atom stereocenters. The number of thioether (sulfide) groups is 1. The second-order valence-electron chi connectivity index (χ2n) is 7.23. The average Bonchev–Trinajstić information content (AvgIpc) is 3.23. The third-order valence-electron chi connectivity index (χ3n) is 4.85. The number of ether oxygens (including phenoxy) is 1. The van der Waals surface area contributed by atoms with Gasteiger partial charge in [-0.05, 0) is 55.8 Å². The summed E-state index contributed by atoms with van der Waals surface area (Å²) < 4.78 is 6.89. The van der Waals surface area contributed by atoms with Crippen molar-refractivity contribution in [2.24, 2.45) is 0 Å². The number of aryl methyl sites for hydroxylation is 1. The Kier molecular flexibility index (Phi) is 8.45. The van der Waals surface area contributed by atoms with Gasteiger partial charge in [0.05, 0.1) is 19.5 Å². The lowest BCUT2D eigenvalue weighted by Crippen LogP contribution is -2.32. The zero-order valence-corrected chi connectivity index (χ0v) is 19.6. The fraction of sp³-hybridized carbons (Fsp3) is 0.304. The van der Waals surface area contributed by atoms with Crippen molar-refractivity contribution in [2.45, 2.75) is 31.6 Å². The van der Waals surface area contributed by atoms with E-state index in [2.05, 4.69) is 20.8 Å². The molecule has 174 valence electrons. The summed E-state index contributed by atoms with van der Waals surface area (Å²) in [7, 11) is 1.55. The van der Waals surface area contributed by atoms with Crippen molar-refractivity contribution in [3.63, 3.8) is 0 Å². The summed E-state index contributed by atoms with van der Waals surface area (Å²) >= 11 is 1.24. The number of carbonyl (C=O) groups excluding carboxylic acids is 2. The van der Waals surface area contributed by atoms with Crippen LogP contribution in [0.3, 0.4) is 0 Å². The predicted molar refractivity (Wildman–Crippen MR) is 127 cm³/mol. The molecule has 3 rings (SSSR count). The molecule has 33 heavy (non-hydrogen) atoms. The average molecular weight is 470 g/mol. The van der Waals surface area contributed by atoms with Crippen LogP contribution in [0.25, 0.3) is 0 Å². The zero-order valence-electron chi connectivity index (χ0n) is 18.7. The summed E-state index contributed by atoms with van der Waals surface area (Å²) in [5, 5.41) is 24.4. The van der Waals surface area contributed by atoms with Gasteiger partial charge in [0.15, 0.2) is 11.0 Å². The lowest BCUT2D eigenvalue weighted by atomic mass is 10.2. The third kappa shape index (κ3) is 6.33. The highest BCUT2D eigenvalue weighted by Gasteiger charge is 2.23. The number of carbonyl (C=O) groups is 2. The molecule has 0 saturated heterocycles. The van der Waals surface area contributed by atoms with Crippen LogP contribution in [-0.4, -0.2) is 51.2 Å². The largest absolute Gasteiger partial charge is 0.497 e. The van der Waals surface area contributed by atoms with Crippen molar-refractivity contribution in [1.29, 1.82) is 0 Å². The molecular weight excluding hydrogens is 442 g/mol. The molecule has 0 bridgehead atoms. The molecule has 0 radical (unpaired) electrons. The van der Waals surface area contributed by atoms with Crippen molar-refractivity contribution in [3.8, 4) is 5.75 Å². The number of hydrogen-bond donors (Lipinski definition) is 3. The molecule has 0 aliphatic rings. The standard InChI is InChI=1S/C23H27N5O4S/c1-4-28-21(19(13-29)25-22(31)16-8-10-18(32-3)11-9-16)26-27-23(28)33-14-20(30)24-17-7-5-6-15(2)12-17/h5-12,19,29H,4,13-14H2,1-3H3,(H,24,30)(H,25,31)/t19-/m0/s1. The summed E-state index contributed by atoms with van der Waals surface area (Å²) in [6.07, 6.45) is 0. The molecular formula is C23H27N5O4S. The fourth-order valence-electron chi connectivity index (χ4n) is 3.19. The highest BCUT2D eigenvalue weighted by Crippen LogP contribution is 2.22. The lowest BCUT2D eigenvalue weighted by molar-refractivity contribution is -0.113. The molecule has 0 aliphatic carbocycles. The number of nitrogens with zero attached hydrogens (tertiary/aromatic N) is 3. The number of methoxy groups -OCH3 is 1. The maximum absolute atomic E-state index is 12.6. The van der Waals surface area contributed by atoms with Gasteiger partial charge in [0, 0.05) is 17.8 Å². The normalized spacial score (nSPS) is 11.6. The van der Waals surface area contributed by atoms with Gasteiger partial charge in [0.25, 0.3) is 5.91 Å². The molecule has 0 fully saturated rings. The number of benzene rings is 2. The van der Waals surface area contributed by atoms with Gasteiger partial charge >= 0.3 is 0 Å². The van der Waals surface area contributed by atoms with Gasteiger partial charge in [-0.2, -0.15) is 0 Å². The number of amides is 2. The van der Waals surface area contributed by atoms with Gasteiger partial charge in [-0.15, -0.1) is 10.2 Å². The Labute approximate surface area is 196 Å². The molecule has 0 spiro atoms. The van der Waals surface area contributed by atoms with Gasteiger partial charge < -0.3 is 25.0 Å². The first-order chi connectivity index (χ1) is 15.9. The minimum atomic E-state index is -0.748. The fourth-order valence-corrected chi connectivity index (χ4v) is 4.00. The Morgan fingerprint density at radius 3 is 2.58 bits per heavy atom. The van der Waals surface area contributed by atoms with Gasteiger partial charge in [0.2, 0.25) is 5.91 Å². The molecule has 3 N–H and O–H groups in total. The molecule has 10 heteroatoms. The Morgan fingerprint density at radius 1 is 1.18 bits per heavy atom. The number of aliphatic hydroxyl groups is 1. The quantitative estimate of drug-likeness (QED) is 0.391. The van der Waals surface area contributed by atoms with E-state index in [0.717, 1.165) is 11.3 Å². The predicted octanol–water partition coefficient (Wildman–Crippen LogP) is 2.81. The molecule has 0 aliphatic heterocycles. The maximum Gasteiger partial charge on any atom is 0.251 e. The second-order valence-corrected chi connectivity index (χ2v) is 8.17. The topological polar surface area (TPSA) is 118 Å². The minimum absolute atomic E-state index is 0.147. The monoisotopic (exact) mass is 469 g/mol. The van der Waals surface area contributed by atoms with E-state index in [0.29, 0.717) is 28.8 Å². The number of aromatic nitrogens is 3. The first-order valence-corrected chi connectivity index (χ1v) is 11.4. The number of rotatable bonds is 10. The molecule has 2 amide bonds. The van der Waals surface area contributed by atoms with Gasteiger partial charge in [-0.3, -0.25) is 9.59 Å². The van der Waals surface area contributed by atoms with Crippen molar-refractivity contribution >= 4 is 29.3 Å². The Balaban J connectivity index is 1.65. The van der Waals surface area contributed by atoms with E-state index in [1.165, 1.54) is 11.8 Å². The van der Waals surface area contributed by atoms with Crippen LogP contribution in [0.4, 0.5) is 5.69 Å². The van der Waals surface area contributed by atoms with Gasteiger partial charge in [-0.25, -0.2) is 0 Å². The van der Waals surface area contributed by atoms with Crippen LogP contribution in [0.15, 0.2) is 53.7 Å². The molecule has 2 aromatic carbocycles. The molecule has 3 aromatic rings.